The first kappa shape index (κ1) is 22.6. The molecular weight excluding hydrogens is 362 g/mol. The summed E-state index contributed by atoms with van der Waals surface area (Å²) in [6.07, 6.45) is 0. The van der Waals surface area contributed by atoms with Gasteiger partial charge in [-0.2, -0.15) is 0 Å². The predicted octanol–water partition coefficient (Wildman–Crippen LogP) is 2.67. The molecule has 0 saturated heterocycles. The van der Waals surface area contributed by atoms with E-state index in [0.29, 0.717) is 13.1 Å². The highest BCUT2D eigenvalue weighted by Gasteiger charge is 2.33. The number of rotatable bonds is 8. The van der Waals surface area contributed by atoms with Crippen LogP contribution < -0.4 is 10.2 Å². The topological polar surface area (TPSA) is 53.9 Å². The predicted molar refractivity (Wildman–Crippen MR) is 118 cm³/mol. The fourth-order valence-electron chi connectivity index (χ4n) is 3.92. The van der Waals surface area contributed by atoms with Gasteiger partial charge in [-0.3, -0.25) is 9.59 Å². The first-order valence-electron chi connectivity index (χ1n) is 10.3. The lowest BCUT2D eigenvalue weighted by molar-refractivity contribution is -0.894. The van der Waals surface area contributed by atoms with Crippen molar-refractivity contribution < 1.29 is 14.5 Å². The number of amides is 2. The second-order valence-electron chi connectivity index (χ2n) is 7.70. The van der Waals surface area contributed by atoms with Gasteiger partial charge in [0.2, 0.25) is 0 Å². The molecular formula is C24H34N3O2+. The Balaban J connectivity index is 2.22. The zero-order chi connectivity index (χ0) is 21.6. The van der Waals surface area contributed by atoms with Gasteiger partial charge in [0.25, 0.3) is 11.8 Å². The van der Waals surface area contributed by atoms with Crippen molar-refractivity contribution in [2.45, 2.75) is 40.7 Å². The van der Waals surface area contributed by atoms with E-state index >= 15 is 0 Å². The highest BCUT2D eigenvalue weighted by molar-refractivity contribution is 5.93. The lowest BCUT2D eigenvalue weighted by Gasteiger charge is -2.29. The first-order valence-corrected chi connectivity index (χ1v) is 10.3. The summed E-state index contributed by atoms with van der Waals surface area (Å²) in [6.45, 7) is 11.5. The van der Waals surface area contributed by atoms with E-state index in [0.717, 1.165) is 27.3 Å². The van der Waals surface area contributed by atoms with E-state index in [4.69, 9.17) is 0 Å². The van der Waals surface area contributed by atoms with Crippen molar-refractivity contribution in [2.75, 3.05) is 32.0 Å². The molecule has 0 heterocycles. The van der Waals surface area contributed by atoms with Crippen LogP contribution in [-0.2, 0) is 9.59 Å². The van der Waals surface area contributed by atoms with E-state index in [1.807, 2.05) is 76.9 Å². The monoisotopic (exact) mass is 396 g/mol. The van der Waals surface area contributed by atoms with Crippen molar-refractivity contribution in [2.24, 2.45) is 0 Å². The van der Waals surface area contributed by atoms with Crippen LogP contribution in [-0.4, -0.2) is 43.4 Å². The molecule has 2 N–H and O–H groups in total. The molecule has 156 valence electrons. The van der Waals surface area contributed by atoms with Crippen molar-refractivity contribution in [3.63, 3.8) is 0 Å². The van der Waals surface area contributed by atoms with E-state index in [1.54, 1.807) is 0 Å². The molecule has 0 aliphatic carbocycles. The van der Waals surface area contributed by atoms with Gasteiger partial charge >= 0.3 is 0 Å². The maximum atomic E-state index is 13.2. The van der Waals surface area contributed by atoms with Gasteiger partial charge in [0.15, 0.2) is 12.6 Å². The van der Waals surface area contributed by atoms with Gasteiger partial charge in [0.05, 0.1) is 7.05 Å². The maximum absolute atomic E-state index is 13.2. The highest BCUT2D eigenvalue weighted by Crippen LogP contribution is 2.21. The molecule has 2 rings (SSSR count). The fourth-order valence-corrected chi connectivity index (χ4v) is 3.92. The number of benzene rings is 2. The largest absolute Gasteiger partial charge is 0.338 e. The number of aryl methyl sites for hydroxylation is 3. The molecule has 2 aromatic rings. The van der Waals surface area contributed by atoms with Crippen LogP contribution in [0.15, 0.2) is 42.5 Å². The first-order chi connectivity index (χ1) is 13.8. The Morgan fingerprint density at radius 1 is 1.00 bits per heavy atom. The van der Waals surface area contributed by atoms with Gasteiger partial charge in [0, 0.05) is 24.3 Å². The number of hydrogen-bond acceptors (Lipinski definition) is 2. The minimum Gasteiger partial charge on any atom is -0.338 e. The molecule has 0 radical (unpaired) electrons. The molecule has 29 heavy (non-hydrogen) atoms. The molecule has 2 aromatic carbocycles. The van der Waals surface area contributed by atoms with Gasteiger partial charge in [-0.1, -0.05) is 48.0 Å². The quantitative estimate of drug-likeness (QED) is 0.721. The van der Waals surface area contributed by atoms with Crippen molar-refractivity contribution in [3.8, 4) is 0 Å². The number of nitrogens with zero attached hydrogens (tertiary/aromatic N) is 1. The molecule has 1 unspecified atom stereocenters. The van der Waals surface area contributed by atoms with Gasteiger partial charge < -0.3 is 15.1 Å². The number of likely N-dealkylation sites (N-methyl/N-ethyl adjacent to an activating group) is 2. The van der Waals surface area contributed by atoms with E-state index in [9.17, 15) is 9.59 Å². The highest BCUT2D eigenvalue weighted by atomic mass is 16.2. The van der Waals surface area contributed by atoms with Crippen LogP contribution in [0.4, 0.5) is 5.69 Å². The Bertz CT molecular complexity index is 821. The van der Waals surface area contributed by atoms with Crippen molar-refractivity contribution >= 4 is 17.5 Å². The van der Waals surface area contributed by atoms with E-state index in [2.05, 4.69) is 17.4 Å². The van der Waals surface area contributed by atoms with Crippen molar-refractivity contribution in [1.29, 1.82) is 0 Å². The third-order valence-electron chi connectivity index (χ3n) is 5.33. The van der Waals surface area contributed by atoms with E-state index < -0.39 is 6.04 Å². The number of nitrogens with one attached hydrogen (secondary N) is 2. The summed E-state index contributed by atoms with van der Waals surface area (Å²) in [5.74, 6) is -0.0416. The van der Waals surface area contributed by atoms with Crippen LogP contribution >= 0.6 is 0 Å². The summed E-state index contributed by atoms with van der Waals surface area (Å²) in [5.41, 5.74) is 5.06. The second-order valence-corrected chi connectivity index (χ2v) is 7.70. The third-order valence-corrected chi connectivity index (χ3v) is 5.33. The summed E-state index contributed by atoms with van der Waals surface area (Å²) in [5, 5.41) is 3.05. The fraction of sp³-hybridized carbons (Fsp3) is 0.417. The summed E-state index contributed by atoms with van der Waals surface area (Å²) >= 11 is 0. The molecule has 2 amide bonds. The van der Waals surface area contributed by atoms with Gasteiger partial charge in [-0.25, -0.2) is 0 Å². The van der Waals surface area contributed by atoms with Crippen LogP contribution in [0.3, 0.4) is 0 Å². The van der Waals surface area contributed by atoms with Gasteiger partial charge in [-0.15, -0.1) is 0 Å². The van der Waals surface area contributed by atoms with Crippen LogP contribution in [0.1, 0.15) is 42.1 Å². The number of carbonyl (C=O) groups is 2. The molecule has 2 atom stereocenters. The van der Waals surface area contributed by atoms with Crippen LogP contribution in [0, 0.1) is 20.8 Å². The minimum absolute atomic E-state index is 0.0502. The van der Waals surface area contributed by atoms with Crippen molar-refractivity contribution in [1.82, 2.24) is 4.90 Å². The number of hydrogen-bond donors (Lipinski definition) is 2. The lowest BCUT2D eigenvalue weighted by atomic mass is 10.0. The number of carbonyl (C=O) groups excluding carboxylic acids is 2. The smallest absolute Gasteiger partial charge is 0.285 e. The minimum atomic E-state index is -0.415. The molecule has 0 aromatic heterocycles. The third kappa shape index (κ3) is 5.67. The van der Waals surface area contributed by atoms with E-state index in [1.165, 1.54) is 5.56 Å². The SMILES string of the molecule is CCN(CC)C(=O)[C@@H](c1ccccc1)[NH+](C)CC(=O)Nc1c(C)cc(C)cc1C. The molecule has 0 fully saturated rings. The van der Waals surface area contributed by atoms with Crippen molar-refractivity contribution in [3.05, 3.63) is 64.7 Å². The normalized spacial score (nSPS) is 12.9. The maximum Gasteiger partial charge on any atom is 0.285 e. The molecule has 0 spiro atoms. The number of quaternary nitrogens is 1. The molecule has 0 aliphatic heterocycles. The molecule has 0 bridgehead atoms. The lowest BCUT2D eigenvalue weighted by Crippen LogP contribution is -3.11. The van der Waals surface area contributed by atoms with E-state index in [-0.39, 0.29) is 18.4 Å². The van der Waals surface area contributed by atoms with Gasteiger partial charge in [0.1, 0.15) is 0 Å². The Kier molecular flexibility index (Phi) is 7.97. The average Bonchev–Trinajstić information content (AvgIpc) is 2.66. The standard InChI is InChI=1S/C24H33N3O2/c1-7-27(8-2)24(29)23(20-12-10-9-11-13-20)26(6)16-21(28)25-22-18(4)14-17(3)15-19(22)5/h9-15,23H,7-8,16H2,1-6H3,(H,25,28)/p+1/t23-/m1/s1. The van der Waals surface area contributed by atoms with Crippen LogP contribution in [0.5, 0.6) is 0 Å². The molecule has 5 nitrogen and oxygen atoms in total. The van der Waals surface area contributed by atoms with Gasteiger partial charge in [-0.05, 0) is 45.7 Å². The molecule has 5 heteroatoms. The van der Waals surface area contributed by atoms with Crippen LogP contribution in [0.25, 0.3) is 0 Å². The Morgan fingerprint density at radius 3 is 2.07 bits per heavy atom. The second kappa shape index (κ2) is 10.2. The summed E-state index contributed by atoms with van der Waals surface area (Å²) < 4.78 is 0. The zero-order valence-corrected chi connectivity index (χ0v) is 18.5. The van der Waals surface area contributed by atoms with Crippen LogP contribution in [0.2, 0.25) is 0 Å². The summed E-state index contributed by atoms with van der Waals surface area (Å²) in [7, 11) is 1.91. The Hall–Kier alpha value is -2.66. The average molecular weight is 397 g/mol. The summed E-state index contributed by atoms with van der Waals surface area (Å²) in [6, 6.07) is 13.4. The summed E-state index contributed by atoms with van der Waals surface area (Å²) in [4.78, 5) is 28.7. The Morgan fingerprint density at radius 2 is 1.55 bits per heavy atom. The Labute approximate surface area is 174 Å². The zero-order valence-electron chi connectivity index (χ0n) is 18.5. The molecule has 0 saturated carbocycles. The number of anilines is 1. The molecule has 0 aliphatic rings.